The standard InChI is InChI=1S/C16H19FN2O2/c1-10(2)21-14-7-11(18)6-12(8-14)19-16-9-13(20-3)4-5-15(16)17/h4-10,19H,18H2,1-3H3. The fourth-order valence-electron chi connectivity index (χ4n) is 1.92. The Balaban J connectivity index is 2.28. The maximum absolute atomic E-state index is 13.8. The quantitative estimate of drug-likeness (QED) is 0.819. The molecule has 2 aromatic carbocycles. The lowest BCUT2D eigenvalue weighted by Crippen LogP contribution is -2.06. The van der Waals surface area contributed by atoms with Crippen molar-refractivity contribution in [2.24, 2.45) is 0 Å². The van der Waals surface area contributed by atoms with Gasteiger partial charge in [-0.3, -0.25) is 0 Å². The van der Waals surface area contributed by atoms with Crippen LogP contribution in [0, 0.1) is 5.82 Å². The van der Waals surface area contributed by atoms with Crippen LogP contribution in [0.5, 0.6) is 11.5 Å². The highest BCUT2D eigenvalue weighted by molar-refractivity contribution is 5.67. The Morgan fingerprint density at radius 2 is 1.86 bits per heavy atom. The number of benzene rings is 2. The second-order valence-corrected chi connectivity index (χ2v) is 4.93. The molecule has 2 aromatic rings. The van der Waals surface area contributed by atoms with Crippen molar-refractivity contribution < 1.29 is 13.9 Å². The van der Waals surface area contributed by atoms with Gasteiger partial charge < -0.3 is 20.5 Å². The van der Waals surface area contributed by atoms with E-state index in [4.69, 9.17) is 15.2 Å². The van der Waals surface area contributed by atoms with Crippen LogP contribution < -0.4 is 20.5 Å². The largest absolute Gasteiger partial charge is 0.497 e. The average Bonchev–Trinajstić information content (AvgIpc) is 2.39. The summed E-state index contributed by atoms with van der Waals surface area (Å²) in [5, 5.41) is 2.99. The van der Waals surface area contributed by atoms with Gasteiger partial charge in [-0.1, -0.05) is 0 Å². The lowest BCUT2D eigenvalue weighted by molar-refractivity contribution is 0.242. The molecule has 0 aliphatic carbocycles. The lowest BCUT2D eigenvalue weighted by Gasteiger charge is -2.14. The number of nitrogens with one attached hydrogen (secondary N) is 1. The highest BCUT2D eigenvalue weighted by Crippen LogP contribution is 2.29. The molecular weight excluding hydrogens is 271 g/mol. The summed E-state index contributed by atoms with van der Waals surface area (Å²) in [5.74, 6) is 0.835. The number of hydrogen-bond acceptors (Lipinski definition) is 4. The van der Waals surface area contributed by atoms with Gasteiger partial charge in [-0.25, -0.2) is 4.39 Å². The van der Waals surface area contributed by atoms with Gasteiger partial charge in [0.15, 0.2) is 0 Å². The Morgan fingerprint density at radius 1 is 1.10 bits per heavy atom. The van der Waals surface area contributed by atoms with E-state index in [0.717, 1.165) is 0 Å². The van der Waals surface area contributed by atoms with Crippen molar-refractivity contribution in [2.45, 2.75) is 20.0 Å². The summed E-state index contributed by atoms with van der Waals surface area (Å²) in [7, 11) is 1.53. The van der Waals surface area contributed by atoms with Crippen molar-refractivity contribution in [2.75, 3.05) is 18.2 Å². The molecule has 0 fully saturated rings. The van der Waals surface area contributed by atoms with Crippen LogP contribution in [-0.2, 0) is 0 Å². The molecule has 0 aliphatic rings. The monoisotopic (exact) mass is 290 g/mol. The Morgan fingerprint density at radius 3 is 2.52 bits per heavy atom. The van der Waals surface area contributed by atoms with E-state index in [9.17, 15) is 4.39 Å². The molecule has 0 spiro atoms. The van der Waals surface area contributed by atoms with E-state index in [1.54, 1.807) is 30.3 Å². The third kappa shape index (κ3) is 4.02. The van der Waals surface area contributed by atoms with E-state index in [0.29, 0.717) is 28.6 Å². The summed E-state index contributed by atoms with van der Waals surface area (Å²) in [6.45, 7) is 3.86. The molecule has 0 bridgehead atoms. The maximum Gasteiger partial charge on any atom is 0.146 e. The van der Waals surface area contributed by atoms with Crippen LogP contribution in [-0.4, -0.2) is 13.2 Å². The molecule has 0 radical (unpaired) electrons. The number of hydrogen-bond donors (Lipinski definition) is 2. The molecule has 5 heteroatoms. The van der Waals surface area contributed by atoms with Crippen LogP contribution in [0.15, 0.2) is 36.4 Å². The molecule has 0 saturated carbocycles. The molecule has 2 rings (SSSR count). The topological polar surface area (TPSA) is 56.5 Å². The summed E-state index contributed by atoms with van der Waals surface area (Å²) in [4.78, 5) is 0. The van der Waals surface area contributed by atoms with Gasteiger partial charge in [-0.2, -0.15) is 0 Å². The zero-order valence-corrected chi connectivity index (χ0v) is 12.3. The zero-order chi connectivity index (χ0) is 15.4. The van der Waals surface area contributed by atoms with Gasteiger partial charge in [0.2, 0.25) is 0 Å². The first-order chi connectivity index (χ1) is 9.97. The Labute approximate surface area is 123 Å². The van der Waals surface area contributed by atoms with E-state index < -0.39 is 0 Å². The van der Waals surface area contributed by atoms with Crippen molar-refractivity contribution in [3.8, 4) is 11.5 Å². The summed E-state index contributed by atoms with van der Waals surface area (Å²) in [6, 6.07) is 9.71. The molecule has 0 saturated heterocycles. The molecule has 0 amide bonds. The second kappa shape index (κ2) is 6.35. The van der Waals surface area contributed by atoms with Crippen LogP contribution in [0.25, 0.3) is 0 Å². The van der Waals surface area contributed by atoms with Crippen LogP contribution in [0.2, 0.25) is 0 Å². The fraction of sp³-hybridized carbons (Fsp3) is 0.250. The first-order valence-corrected chi connectivity index (χ1v) is 6.65. The number of nitrogen functional groups attached to an aromatic ring is 1. The van der Waals surface area contributed by atoms with Gasteiger partial charge in [-0.05, 0) is 32.0 Å². The van der Waals surface area contributed by atoms with Gasteiger partial charge in [0.05, 0.1) is 18.9 Å². The Hall–Kier alpha value is -2.43. The van der Waals surface area contributed by atoms with Crippen LogP contribution in [0.4, 0.5) is 21.5 Å². The number of rotatable bonds is 5. The minimum Gasteiger partial charge on any atom is -0.497 e. The average molecular weight is 290 g/mol. The molecule has 0 unspecified atom stereocenters. The van der Waals surface area contributed by atoms with Crippen LogP contribution >= 0.6 is 0 Å². The maximum atomic E-state index is 13.8. The normalized spacial score (nSPS) is 10.5. The van der Waals surface area contributed by atoms with Gasteiger partial charge in [0, 0.05) is 29.6 Å². The highest BCUT2D eigenvalue weighted by Gasteiger charge is 2.07. The number of halogens is 1. The summed E-state index contributed by atoms with van der Waals surface area (Å²) in [5.41, 5.74) is 7.35. The first-order valence-electron chi connectivity index (χ1n) is 6.65. The summed E-state index contributed by atoms with van der Waals surface area (Å²) < 4.78 is 24.5. The number of ether oxygens (including phenoxy) is 2. The minimum atomic E-state index is -0.371. The molecule has 0 atom stereocenters. The van der Waals surface area contributed by atoms with Gasteiger partial charge in [0.25, 0.3) is 0 Å². The third-order valence-electron chi connectivity index (χ3n) is 2.75. The van der Waals surface area contributed by atoms with Crippen molar-refractivity contribution in [1.82, 2.24) is 0 Å². The van der Waals surface area contributed by atoms with E-state index in [1.165, 1.54) is 13.2 Å². The van der Waals surface area contributed by atoms with Crippen molar-refractivity contribution >= 4 is 17.1 Å². The van der Waals surface area contributed by atoms with Gasteiger partial charge in [0.1, 0.15) is 17.3 Å². The molecule has 21 heavy (non-hydrogen) atoms. The molecule has 0 heterocycles. The van der Waals surface area contributed by atoms with Crippen molar-refractivity contribution in [1.29, 1.82) is 0 Å². The van der Waals surface area contributed by atoms with E-state index in [2.05, 4.69) is 5.32 Å². The molecule has 3 N–H and O–H groups in total. The molecule has 112 valence electrons. The molecule has 0 aliphatic heterocycles. The van der Waals surface area contributed by atoms with Crippen molar-refractivity contribution in [3.63, 3.8) is 0 Å². The SMILES string of the molecule is COc1ccc(F)c(Nc2cc(N)cc(OC(C)C)c2)c1. The molecular formula is C16H19FN2O2. The number of nitrogens with two attached hydrogens (primary N) is 1. The lowest BCUT2D eigenvalue weighted by atomic mass is 10.2. The molecule has 0 aromatic heterocycles. The first kappa shape index (κ1) is 15.0. The van der Waals surface area contributed by atoms with Crippen molar-refractivity contribution in [3.05, 3.63) is 42.2 Å². The number of methoxy groups -OCH3 is 1. The minimum absolute atomic E-state index is 0.0354. The van der Waals surface area contributed by atoms with Crippen LogP contribution in [0.3, 0.4) is 0 Å². The molecule has 4 nitrogen and oxygen atoms in total. The van der Waals surface area contributed by atoms with E-state index in [-0.39, 0.29) is 11.9 Å². The predicted molar refractivity (Wildman–Crippen MR) is 82.9 cm³/mol. The van der Waals surface area contributed by atoms with E-state index in [1.807, 2.05) is 13.8 Å². The fourth-order valence-corrected chi connectivity index (χ4v) is 1.92. The third-order valence-corrected chi connectivity index (χ3v) is 2.75. The van der Waals surface area contributed by atoms with Gasteiger partial charge >= 0.3 is 0 Å². The van der Waals surface area contributed by atoms with Crippen LogP contribution in [0.1, 0.15) is 13.8 Å². The second-order valence-electron chi connectivity index (χ2n) is 4.93. The smallest absolute Gasteiger partial charge is 0.146 e. The number of anilines is 3. The summed E-state index contributed by atoms with van der Waals surface area (Å²) >= 11 is 0. The summed E-state index contributed by atoms with van der Waals surface area (Å²) in [6.07, 6.45) is 0.0354. The highest BCUT2D eigenvalue weighted by atomic mass is 19.1. The zero-order valence-electron chi connectivity index (χ0n) is 12.3. The Kier molecular flexibility index (Phi) is 4.52. The Bertz CT molecular complexity index is 630. The predicted octanol–water partition coefficient (Wildman–Crippen LogP) is 3.95. The van der Waals surface area contributed by atoms with E-state index >= 15 is 0 Å². The van der Waals surface area contributed by atoms with Gasteiger partial charge in [-0.15, -0.1) is 0 Å².